The lowest BCUT2D eigenvalue weighted by Crippen LogP contribution is -2.51. The van der Waals surface area contributed by atoms with Gasteiger partial charge in [-0.25, -0.2) is 4.98 Å². The molecule has 37 heavy (non-hydrogen) atoms. The number of benzene rings is 2. The van der Waals surface area contributed by atoms with Crippen LogP contribution in [0.3, 0.4) is 0 Å². The third-order valence-electron chi connectivity index (χ3n) is 5.95. The van der Waals surface area contributed by atoms with Crippen LogP contribution in [0.25, 0.3) is 11.5 Å². The van der Waals surface area contributed by atoms with E-state index in [0.717, 1.165) is 19.7 Å². The quantitative estimate of drug-likeness (QED) is 0.341. The molecule has 9 nitrogen and oxygen atoms in total. The van der Waals surface area contributed by atoms with E-state index in [0.29, 0.717) is 28.7 Å². The molecule has 0 saturated heterocycles. The van der Waals surface area contributed by atoms with Gasteiger partial charge < -0.3 is 13.9 Å². The van der Waals surface area contributed by atoms with E-state index in [1.165, 1.54) is 21.2 Å². The number of hydrogen-bond donors (Lipinski definition) is 0. The van der Waals surface area contributed by atoms with Crippen molar-refractivity contribution in [3.05, 3.63) is 71.1 Å². The van der Waals surface area contributed by atoms with Gasteiger partial charge in [0.15, 0.2) is 0 Å². The maximum Gasteiger partial charge on any atom is 0.324 e. The molecule has 0 amide bonds. The van der Waals surface area contributed by atoms with E-state index in [9.17, 15) is 13.2 Å². The van der Waals surface area contributed by atoms with Gasteiger partial charge in [0.1, 0.15) is 29.9 Å². The highest BCUT2D eigenvalue weighted by Gasteiger charge is 2.39. The zero-order valence-corrected chi connectivity index (χ0v) is 23.2. The first-order valence-corrected chi connectivity index (χ1v) is 13.4. The number of methoxy groups -OCH3 is 1. The lowest BCUT2D eigenvalue weighted by atomic mass is 10.0. The van der Waals surface area contributed by atoms with Crippen LogP contribution >= 0.6 is 0 Å². The van der Waals surface area contributed by atoms with Gasteiger partial charge in [0, 0.05) is 26.2 Å². The molecule has 10 heteroatoms. The van der Waals surface area contributed by atoms with E-state index >= 15 is 0 Å². The summed E-state index contributed by atoms with van der Waals surface area (Å²) in [6, 6.07) is 14.0. The highest BCUT2D eigenvalue weighted by Crippen LogP contribution is 2.26. The number of aryl methyl sites for hydroxylation is 2. The van der Waals surface area contributed by atoms with Gasteiger partial charge in [0.2, 0.25) is 5.89 Å². The number of carbonyl (C=O) groups excluding carboxylic acids is 1. The number of carbonyl (C=O) groups is 1. The molecule has 0 spiro atoms. The minimum atomic E-state index is -3.93. The van der Waals surface area contributed by atoms with E-state index in [2.05, 4.69) is 4.98 Å². The summed E-state index contributed by atoms with van der Waals surface area (Å²) < 4.78 is 45.3. The van der Waals surface area contributed by atoms with Crippen molar-refractivity contribution in [1.29, 1.82) is 0 Å². The Labute approximate surface area is 219 Å². The van der Waals surface area contributed by atoms with Crippen molar-refractivity contribution in [1.82, 2.24) is 13.6 Å². The summed E-state index contributed by atoms with van der Waals surface area (Å²) in [5.41, 5.74) is 3.37. The molecule has 1 aromatic heterocycles. The van der Waals surface area contributed by atoms with Crippen molar-refractivity contribution in [2.24, 2.45) is 5.92 Å². The molecule has 0 aliphatic heterocycles. The highest BCUT2D eigenvalue weighted by molar-refractivity contribution is 7.86. The summed E-state index contributed by atoms with van der Waals surface area (Å²) in [5.74, 6) is 0.807. The minimum absolute atomic E-state index is 0.0315. The fourth-order valence-electron chi connectivity index (χ4n) is 3.82. The number of hydrogen-bond acceptors (Lipinski definition) is 7. The van der Waals surface area contributed by atoms with Crippen LogP contribution < -0.4 is 4.74 Å². The van der Waals surface area contributed by atoms with Gasteiger partial charge in [-0.3, -0.25) is 4.79 Å². The average Bonchev–Trinajstić information content (AvgIpc) is 3.22. The summed E-state index contributed by atoms with van der Waals surface area (Å²) in [7, 11) is 0.183. The Morgan fingerprint density at radius 3 is 2.35 bits per heavy atom. The Hall–Kier alpha value is -3.21. The van der Waals surface area contributed by atoms with E-state index in [-0.39, 0.29) is 19.1 Å². The standard InChI is InChI=1S/C27H35N3O6S/c1-18(2)25(27(31)34-7)30(37(32,33)29(5)6)16-21-9-8-10-23(15-21)35-17-24-20(4)36-26(28-24)22-13-11-19(3)12-14-22/h8-15,18,25H,16-17H2,1-7H3. The van der Waals surface area contributed by atoms with Gasteiger partial charge in [0.05, 0.1) is 7.11 Å². The van der Waals surface area contributed by atoms with Crippen LogP contribution in [0.4, 0.5) is 0 Å². The van der Waals surface area contributed by atoms with E-state index < -0.39 is 22.2 Å². The Kier molecular flexibility index (Phi) is 9.12. The number of nitrogens with zero attached hydrogens (tertiary/aromatic N) is 3. The molecule has 1 heterocycles. The fourth-order valence-corrected chi connectivity index (χ4v) is 5.17. The second kappa shape index (κ2) is 11.9. The first-order valence-electron chi connectivity index (χ1n) is 12.0. The third-order valence-corrected chi connectivity index (χ3v) is 7.82. The minimum Gasteiger partial charge on any atom is -0.487 e. The lowest BCUT2D eigenvalue weighted by molar-refractivity contribution is -0.146. The third kappa shape index (κ3) is 6.76. The molecular weight excluding hydrogens is 494 g/mol. The van der Waals surface area contributed by atoms with Gasteiger partial charge in [-0.2, -0.15) is 17.0 Å². The molecule has 0 aliphatic carbocycles. The molecule has 0 fully saturated rings. The van der Waals surface area contributed by atoms with Crippen LogP contribution in [0.2, 0.25) is 0 Å². The second-order valence-electron chi connectivity index (χ2n) is 9.37. The zero-order chi connectivity index (χ0) is 27.3. The van der Waals surface area contributed by atoms with Crippen molar-refractivity contribution < 1.29 is 27.1 Å². The SMILES string of the molecule is COC(=O)C(C(C)C)N(Cc1cccc(OCc2nc(-c3ccc(C)cc3)oc2C)c1)S(=O)(=O)N(C)C. The van der Waals surface area contributed by atoms with Crippen LogP contribution in [-0.2, 0) is 32.9 Å². The van der Waals surface area contributed by atoms with E-state index in [1.807, 2.05) is 38.1 Å². The van der Waals surface area contributed by atoms with Crippen molar-refractivity contribution >= 4 is 16.2 Å². The summed E-state index contributed by atoms with van der Waals surface area (Å²) in [6.07, 6.45) is 0. The Morgan fingerprint density at radius 2 is 1.76 bits per heavy atom. The topological polar surface area (TPSA) is 102 Å². The number of oxazole rings is 1. The van der Waals surface area contributed by atoms with Gasteiger partial charge >= 0.3 is 5.97 Å². The Balaban J connectivity index is 1.81. The highest BCUT2D eigenvalue weighted by atomic mass is 32.2. The number of esters is 1. The monoisotopic (exact) mass is 529 g/mol. The molecule has 0 aliphatic rings. The van der Waals surface area contributed by atoms with Gasteiger partial charge in [0.25, 0.3) is 10.2 Å². The van der Waals surface area contributed by atoms with Crippen LogP contribution in [0.1, 0.15) is 36.4 Å². The Bertz CT molecular complexity index is 1320. The van der Waals surface area contributed by atoms with Gasteiger partial charge in [-0.1, -0.05) is 43.7 Å². The molecule has 0 bridgehead atoms. The maximum absolute atomic E-state index is 13.2. The lowest BCUT2D eigenvalue weighted by Gasteiger charge is -2.33. The second-order valence-corrected chi connectivity index (χ2v) is 11.5. The van der Waals surface area contributed by atoms with Crippen molar-refractivity contribution in [3.8, 4) is 17.2 Å². The molecular formula is C27H35N3O6S. The molecule has 200 valence electrons. The molecule has 3 rings (SSSR count). The number of rotatable bonds is 11. The van der Waals surface area contributed by atoms with Gasteiger partial charge in [-0.15, -0.1) is 0 Å². The van der Waals surface area contributed by atoms with Crippen LogP contribution in [0.5, 0.6) is 5.75 Å². The maximum atomic E-state index is 13.2. The average molecular weight is 530 g/mol. The first kappa shape index (κ1) is 28.4. The largest absolute Gasteiger partial charge is 0.487 e. The smallest absolute Gasteiger partial charge is 0.324 e. The predicted molar refractivity (Wildman–Crippen MR) is 141 cm³/mol. The molecule has 1 atom stereocenters. The number of aromatic nitrogens is 1. The molecule has 3 aromatic rings. The number of ether oxygens (including phenoxy) is 2. The summed E-state index contributed by atoms with van der Waals surface area (Å²) >= 11 is 0. The van der Waals surface area contributed by atoms with Crippen molar-refractivity contribution in [3.63, 3.8) is 0 Å². The fraction of sp³-hybridized carbons (Fsp3) is 0.407. The normalized spacial score (nSPS) is 12.8. The first-order chi connectivity index (χ1) is 17.4. The van der Waals surface area contributed by atoms with E-state index in [1.54, 1.807) is 38.1 Å². The molecule has 0 N–H and O–H groups in total. The molecule has 2 aromatic carbocycles. The molecule has 0 radical (unpaired) electrons. The van der Waals surface area contributed by atoms with Crippen LogP contribution in [-0.4, -0.2) is 55.2 Å². The van der Waals surface area contributed by atoms with Gasteiger partial charge in [-0.05, 0) is 49.6 Å². The van der Waals surface area contributed by atoms with Crippen molar-refractivity contribution in [2.45, 2.75) is 46.9 Å². The summed E-state index contributed by atoms with van der Waals surface area (Å²) in [5, 5.41) is 0. The Morgan fingerprint density at radius 1 is 1.08 bits per heavy atom. The zero-order valence-electron chi connectivity index (χ0n) is 22.4. The summed E-state index contributed by atoms with van der Waals surface area (Å²) in [6.45, 7) is 7.57. The van der Waals surface area contributed by atoms with E-state index in [4.69, 9.17) is 13.9 Å². The van der Waals surface area contributed by atoms with Crippen LogP contribution in [0, 0.1) is 19.8 Å². The molecule has 0 saturated carbocycles. The predicted octanol–water partition coefficient (Wildman–Crippen LogP) is 4.34. The van der Waals surface area contributed by atoms with Crippen LogP contribution in [0.15, 0.2) is 52.9 Å². The molecule has 1 unspecified atom stereocenters. The van der Waals surface area contributed by atoms with Crippen molar-refractivity contribution in [2.75, 3.05) is 21.2 Å². The summed E-state index contributed by atoms with van der Waals surface area (Å²) in [4.78, 5) is 17.1.